The van der Waals surface area contributed by atoms with Crippen molar-refractivity contribution >= 4 is 36.3 Å². The highest BCUT2D eigenvalue weighted by Gasteiger charge is 2.59. The number of carbonyl (C=O) groups excluding carboxylic acids is 1. The van der Waals surface area contributed by atoms with E-state index in [4.69, 9.17) is 3.07 Å². The lowest BCUT2D eigenvalue weighted by atomic mass is 9.43. The number of halogens is 1. The number of rotatable bonds is 2. The monoisotopic (exact) mass is 586 g/mol. The molecule has 4 aliphatic rings. The van der Waals surface area contributed by atoms with Gasteiger partial charge in [0.25, 0.3) is 0 Å². The molecule has 1 heterocycles. The van der Waals surface area contributed by atoms with E-state index in [1.165, 1.54) is 33.9 Å². The molecular formula is C30H39IN2O2. The smallest absolute Gasteiger partial charge is 0.387 e. The van der Waals surface area contributed by atoms with Gasteiger partial charge in [-0.1, -0.05) is 56.2 Å². The molecule has 4 aliphatic carbocycles. The molecule has 1 aromatic heterocycles. The Kier molecular flexibility index (Phi) is 6.17. The lowest BCUT2D eigenvalue weighted by molar-refractivity contribution is 0.0249. The molecule has 0 bridgehead atoms. The van der Waals surface area contributed by atoms with E-state index in [1.807, 2.05) is 33.2 Å². The lowest BCUT2D eigenvalue weighted by Gasteiger charge is -2.60. The molecule has 0 aliphatic heterocycles. The van der Waals surface area contributed by atoms with E-state index in [1.54, 1.807) is 11.1 Å². The van der Waals surface area contributed by atoms with Gasteiger partial charge in [0.05, 0.1) is 0 Å². The maximum absolute atomic E-state index is 12.2. The Morgan fingerprint density at radius 3 is 2.69 bits per heavy atom. The van der Waals surface area contributed by atoms with Crippen molar-refractivity contribution in [3.05, 3.63) is 59.5 Å². The third-order valence-electron chi connectivity index (χ3n) is 9.16. The molecule has 0 spiro atoms. The second-order valence-corrected chi connectivity index (χ2v) is 15.0. The van der Waals surface area contributed by atoms with Crippen LogP contribution in [0.3, 0.4) is 0 Å². The van der Waals surface area contributed by atoms with Gasteiger partial charge in [-0.15, -0.1) is 0 Å². The van der Waals surface area contributed by atoms with Crippen molar-refractivity contribution in [1.82, 2.24) is 10.3 Å². The zero-order valence-electron chi connectivity index (χ0n) is 22.0. The molecule has 2 unspecified atom stereocenters. The summed E-state index contributed by atoms with van der Waals surface area (Å²) in [6.07, 6.45) is 17.8. The number of hydrogen-bond donors (Lipinski definition) is 1. The number of allylic oxidation sites excluding steroid dienone is 6. The molecule has 5 rings (SSSR count). The van der Waals surface area contributed by atoms with Crippen LogP contribution in [0.15, 0.2) is 53.9 Å². The first-order valence-electron chi connectivity index (χ1n) is 13.0. The maximum Gasteiger partial charge on any atom is 0.416 e. The highest BCUT2D eigenvalue weighted by Crippen LogP contribution is 2.69. The van der Waals surface area contributed by atoms with Gasteiger partial charge in [0, 0.05) is 26.9 Å². The predicted octanol–water partition coefficient (Wildman–Crippen LogP) is 7.93. The molecule has 2 fully saturated rings. The number of hydrogen-bond acceptors (Lipinski definition) is 3. The van der Waals surface area contributed by atoms with E-state index in [9.17, 15) is 4.79 Å². The molecule has 4 atom stereocenters. The van der Waals surface area contributed by atoms with Crippen LogP contribution in [0.1, 0.15) is 85.6 Å². The van der Waals surface area contributed by atoms with Gasteiger partial charge in [-0.3, -0.25) is 4.98 Å². The molecule has 1 N–H and O–H groups in total. The number of aromatic nitrogens is 1. The maximum atomic E-state index is 12.2. The van der Waals surface area contributed by atoms with Gasteiger partial charge in [-0.25, -0.2) is 4.79 Å². The second kappa shape index (κ2) is 8.67. The van der Waals surface area contributed by atoms with Crippen molar-refractivity contribution in [1.29, 1.82) is 0 Å². The number of fused-ring (bicyclic) bond motifs is 5. The molecule has 188 valence electrons. The SMILES string of the molecule is CC(C)(C)NC(=O)OI=C1CCC2(C)C(=CCC3(C)C4=CC=C(c5cccnc5)[C@@]4(C)CC[C@H]23)C1. The number of carbonyl (C=O) groups is 1. The fraction of sp³-hybridized carbons (Fsp3) is 0.567. The van der Waals surface area contributed by atoms with Crippen molar-refractivity contribution in [2.75, 3.05) is 0 Å². The molecule has 1 amide bonds. The Labute approximate surface area is 221 Å². The number of nitrogens with zero attached hydrogens (tertiary/aromatic N) is 1. The summed E-state index contributed by atoms with van der Waals surface area (Å²) >= 11 is -0.693. The van der Waals surface area contributed by atoms with Gasteiger partial charge in [-0.2, -0.15) is 0 Å². The van der Waals surface area contributed by atoms with Gasteiger partial charge in [0.15, 0.2) is 0 Å². The first-order valence-corrected chi connectivity index (χ1v) is 14.9. The second-order valence-electron chi connectivity index (χ2n) is 12.6. The van der Waals surface area contributed by atoms with Crippen LogP contribution in [0.2, 0.25) is 0 Å². The fourth-order valence-electron chi connectivity index (χ4n) is 7.49. The summed E-state index contributed by atoms with van der Waals surface area (Å²) in [5.74, 6) is 0.654. The Morgan fingerprint density at radius 1 is 1.17 bits per heavy atom. The largest absolute Gasteiger partial charge is 0.416 e. The molecule has 0 radical (unpaired) electrons. The first-order chi connectivity index (χ1) is 16.5. The van der Waals surface area contributed by atoms with Crippen molar-refractivity contribution in [3.8, 4) is 0 Å². The van der Waals surface area contributed by atoms with E-state index in [0.717, 1.165) is 19.3 Å². The van der Waals surface area contributed by atoms with E-state index >= 15 is 0 Å². The van der Waals surface area contributed by atoms with Crippen LogP contribution in [0.4, 0.5) is 4.79 Å². The van der Waals surface area contributed by atoms with Crippen molar-refractivity contribution in [2.24, 2.45) is 22.2 Å². The third kappa shape index (κ3) is 4.25. The van der Waals surface area contributed by atoms with Crippen LogP contribution >= 0.6 is 21.1 Å². The minimum atomic E-state index is -0.693. The minimum Gasteiger partial charge on any atom is -0.387 e. The van der Waals surface area contributed by atoms with Crippen LogP contribution in [0.25, 0.3) is 5.57 Å². The van der Waals surface area contributed by atoms with Gasteiger partial charge in [-0.05, 0) is 93.2 Å². The number of amides is 1. The zero-order chi connectivity index (χ0) is 25.1. The number of pyridine rings is 1. The third-order valence-corrected chi connectivity index (χ3v) is 11.3. The van der Waals surface area contributed by atoms with Gasteiger partial charge < -0.3 is 8.38 Å². The van der Waals surface area contributed by atoms with E-state index in [2.05, 4.69) is 61.4 Å². The van der Waals surface area contributed by atoms with E-state index in [-0.39, 0.29) is 27.9 Å². The summed E-state index contributed by atoms with van der Waals surface area (Å²) in [6, 6.07) is 4.26. The van der Waals surface area contributed by atoms with Gasteiger partial charge in [0.2, 0.25) is 0 Å². The Balaban J connectivity index is 1.37. The van der Waals surface area contributed by atoms with E-state index in [0.29, 0.717) is 5.92 Å². The highest BCUT2D eigenvalue weighted by molar-refractivity contribution is 14.2. The highest BCUT2D eigenvalue weighted by atomic mass is 127. The summed E-state index contributed by atoms with van der Waals surface area (Å²) in [5.41, 5.74) is 6.18. The van der Waals surface area contributed by atoms with Crippen LogP contribution in [-0.2, 0) is 3.07 Å². The Morgan fingerprint density at radius 2 is 1.97 bits per heavy atom. The Hall–Kier alpha value is -1.76. The van der Waals surface area contributed by atoms with Gasteiger partial charge >= 0.3 is 6.09 Å². The molecule has 0 saturated heterocycles. The fourth-order valence-corrected chi connectivity index (χ4v) is 9.17. The molecule has 4 nitrogen and oxygen atoms in total. The van der Waals surface area contributed by atoms with Gasteiger partial charge in [0.1, 0.15) is 21.1 Å². The molecule has 0 aromatic carbocycles. The standard InChI is InChI=1S/C30H39IN2O2/c1-27(2,3)33-26(34)35-31-22-12-15-28(4)21(18-22)11-14-30(6)24-10-9-23(20-8-7-17-32-19-20)29(24,5)16-13-25(28)30/h7-11,17,19,25H,12-16,18H2,1-6H3,(H,33,34)/t25-,28?,29-,30?/m1/s1. The topological polar surface area (TPSA) is 51.2 Å². The Bertz CT molecular complexity index is 1160. The average Bonchev–Trinajstić information content (AvgIpc) is 3.15. The summed E-state index contributed by atoms with van der Waals surface area (Å²) in [5, 5.41) is 2.93. The number of nitrogens with one attached hydrogen (secondary N) is 1. The summed E-state index contributed by atoms with van der Waals surface area (Å²) in [4.78, 5) is 16.6. The van der Waals surface area contributed by atoms with Crippen molar-refractivity contribution in [3.63, 3.8) is 0 Å². The summed E-state index contributed by atoms with van der Waals surface area (Å²) < 4.78 is 7.15. The van der Waals surface area contributed by atoms with Crippen LogP contribution in [-0.4, -0.2) is 20.1 Å². The molecule has 35 heavy (non-hydrogen) atoms. The van der Waals surface area contributed by atoms with Crippen LogP contribution < -0.4 is 5.32 Å². The molecule has 5 heteroatoms. The van der Waals surface area contributed by atoms with Crippen molar-refractivity contribution < 1.29 is 7.86 Å². The molecule has 2 saturated carbocycles. The predicted molar refractivity (Wildman–Crippen MR) is 152 cm³/mol. The van der Waals surface area contributed by atoms with Crippen LogP contribution in [0.5, 0.6) is 0 Å². The molecular weight excluding hydrogens is 547 g/mol. The minimum absolute atomic E-state index is 0.0989. The quantitative estimate of drug-likeness (QED) is 0.283. The van der Waals surface area contributed by atoms with Crippen LogP contribution in [0, 0.1) is 22.2 Å². The summed E-state index contributed by atoms with van der Waals surface area (Å²) in [7, 11) is 0. The van der Waals surface area contributed by atoms with E-state index < -0.39 is 21.1 Å². The molecule has 1 aromatic rings. The summed E-state index contributed by atoms with van der Waals surface area (Å²) in [6.45, 7) is 13.5. The first kappa shape index (κ1) is 24.9. The zero-order valence-corrected chi connectivity index (χ0v) is 24.2. The lowest BCUT2D eigenvalue weighted by Crippen LogP contribution is -2.52. The van der Waals surface area contributed by atoms with Crippen molar-refractivity contribution in [2.45, 2.75) is 85.6 Å². The average molecular weight is 587 g/mol. The normalized spacial score (nSPS) is 35.4.